The summed E-state index contributed by atoms with van der Waals surface area (Å²) in [6, 6.07) is 1.24. The maximum absolute atomic E-state index is 12.0. The summed E-state index contributed by atoms with van der Waals surface area (Å²) in [5.41, 5.74) is 5.60. The Kier molecular flexibility index (Phi) is 4.91. The van der Waals surface area contributed by atoms with Crippen LogP contribution in [0.25, 0.3) is 0 Å². The first-order valence-electron chi connectivity index (χ1n) is 7.83. The number of hydrogen-bond donors (Lipinski definition) is 2. The highest BCUT2D eigenvalue weighted by molar-refractivity contribution is 5.68. The zero-order valence-corrected chi connectivity index (χ0v) is 13.0. The van der Waals surface area contributed by atoms with Crippen LogP contribution in [0.2, 0.25) is 0 Å². The van der Waals surface area contributed by atoms with E-state index in [1.54, 1.807) is 0 Å². The van der Waals surface area contributed by atoms with Gasteiger partial charge >= 0.3 is 6.09 Å². The molecule has 1 heterocycles. The molecule has 2 rings (SSSR count). The number of amides is 1. The number of ether oxygens (including phenoxy) is 1. The molecule has 1 aliphatic heterocycles. The third-order valence-corrected chi connectivity index (χ3v) is 4.03. The molecular weight excluding hydrogens is 254 g/mol. The first-order valence-corrected chi connectivity index (χ1v) is 7.83. The van der Waals surface area contributed by atoms with E-state index < -0.39 is 5.60 Å². The molecule has 1 saturated carbocycles. The molecule has 1 amide bonds. The molecule has 5 heteroatoms. The first-order chi connectivity index (χ1) is 9.33. The van der Waals surface area contributed by atoms with Crippen LogP contribution in [0, 0.1) is 0 Å². The van der Waals surface area contributed by atoms with Gasteiger partial charge in [-0.3, -0.25) is 0 Å². The molecule has 0 aromatic heterocycles. The third kappa shape index (κ3) is 4.63. The molecule has 2 fully saturated rings. The van der Waals surface area contributed by atoms with E-state index in [0.29, 0.717) is 18.1 Å². The number of carbonyl (C=O) groups excluding carboxylic acids is 1. The Labute approximate surface area is 122 Å². The minimum atomic E-state index is -0.418. The predicted octanol–water partition coefficient (Wildman–Crippen LogP) is 1.86. The van der Waals surface area contributed by atoms with Gasteiger partial charge < -0.3 is 20.7 Å². The fourth-order valence-corrected chi connectivity index (χ4v) is 3.10. The summed E-state index contributed by atoms with van der Waals surface area (Å²) in [5.74, 6) is 0. The first kappa shape index (κ1) is 15.6. The van der Waals surface area contributed by atoms with E-state index in [1.807, 2.05) is 25.7 Å². The van der Waals surface area contributed by atoms with E-state index in [4.69, 9.17) is 10.5 Å². The second-order valence-electron chi connectivity index (χ2n) is 7.20. The number of nitrogens with one attached hydrogen (secondary N) is 1. The van der Waals surface area contributed by atoms with Crippen molar-refractivity contribution in [1.82, 2.24) is 10.2 Å². The quantitative estimate of drug-likeness (QED) is 0.811. The maximum atomic E-state index is 12.0. The van der Waals surface area contributed by atoms with Gasteiger partial charge in [0.15, 0.2) is 0 Å². The highest BCUT2D eigenvalue weighted by atomic mass is 16.6. The lowest BCUT2D eigenvalue weighted by Crippen LogP contribution is -2.45. The summed E-state index contributed by atoms with van der Waals surface area (Å²) in [5, 5.41) is 3.67. The van der Waals surface area contributed by atoms with Gasteiger partial charge in [-0.1, -0.05) is 6.42 Å². The lowest BCUT2D eigenvalue weighted by atomic mass is 9.91. The number of carbonyl (C=O) groups is 1. The Bertz CT molecular complexity index is 341. The molecule has 3 unspecified atom stereocenters. The number of rotatable bonds is 2. The molecule has 1 saturated heterocycles. The molecule has 3 N–H and O–H groups in total. The number of hydrogen-bond acceptors (Lipinski definition) is 4. The van der Waals surface area contributed by atoms with Gasteiger partial charge in [0.2, 0.25) is 0 Å². The van der Waals surface area contributed by atoms with Crippen LogP contribution < -0.4 is 11.1 Å². The van der Waals surface area contributed by atoms with Crippen LogP contribution in [0.4, 0.5) is 4.79 Å². The van der Waals surface area contributed by atoms with Crippen molar-refractivity contribution in [3.05, 3.63) is 0 Å². The molecule has 0 aromatic rings. The Morgan fingerprint density at radius 2 is 2.00 bits per heavy atom. The summed E-state index contributed by atoms with van der Waals surface area (Å²) < 4.78 is 5.42. The van der Waals surface area contributed by atoms with Crippen molar-refractivity contribution >= 4 is 6.09 Å². The average Bonchev–Trinajstić information content (AvgIpc) is 2.75. The van der Waals surface area contributed by atoms with Gasteiger partial charge in [-0.25, -0.2) is 4.79 Å². The molecule has 0 radical (unpaired) electrons. The minimum absolute atomic E-state index is 0.192. The molecule has 1 aliphatic carbocycles. The zero-order chi connectivity index (χ0) is 14.8. The van der Waals surface area contributed by atoms with Crippen molar-refractivity contribution in [3.63, 3.8) is 0 Å². The van der Waals surface area contributed by atoms with Crippen LogP contribution in [0.15, 0.2) is 0 Å². The average molecular weight is 283 g/mol. The van der Waals surface area contributed by atoms with Crippen molar-refractivity contribution in [2.75, 3.05) is 13.1 Å². The molecule has 0 bridgehead atoms. The largest absolute Gasteiger partial charge is 0.444 e. The van der Waals surface area contributed by atoms with Gasteiger partial charge in [-0.05, 0) is 46.5 Å². The Hall–Kier alpha value is -0.810. The van der Waals surface area contributed by atoms with Crippen LogP contribution in [-0.2, 0) is 4.74 Å². The van der Waals surface area contributed by atoms with Crippen molar-refractivity contribution in [2.45, 2.75) is 76.6 Å². The summed E-state index contributed by atoms with van der Waals surface area (Å²) in [6.45, 7) is 7.24. The van der Waals surface area contributed by atoms with E-state index in [-0.39, 0.29) is 6.09 Å². The summed E-state index contributed by atoms with van der Waals surface area (Å²) >= 11 is 0. The molecule has 116 valence electrons. The minimum Gasteiger partial charge on any atom is -0.444 e. The van der Waals surface area contributed by atoms with E-state index in [1.165, 1.54) is 12.8 Å². The number of nitrogens with zero attached hydrogens (tertiary/aromatic N) is 1. The Balaban J connectivity index is 1.76. The van der Waals surface area contributed by atoms with Gasteiger partial charge in [0.05, 0.1) is 0 Å². The fourth-order valence-electron chi connectivity index (χ4n) is 3.10. The number of nitrogens with two attached hydrogens (primary N) is 1. The highest BCUT2D eigenvalue weighted by Crippen LogP contribution is 2.20. The van der Waals surface area contributed by atoms with Gasteiger partial charge in [-0.2, -0.15) is 0 Å². The van der Waals surface area contributed by atoms with Crippen molar-refractivity contribution in [1.29, 1.82) is 0 Å². The smallest absolute Gasteiger partial charge is 0.410 e. The maximum Gasteiger partial charge on any atom is 0.410 e. The Morgan fingerprint density at radius 1 is 1.25 bits per heavy atom. The predicted molar refractivity (Wildman–Crippen MR) is 79.6 cm³/mol. The highest BCUT2D eigenvalue weighted by Gasteiger charge is 2.31. The van der Waals surface area contributed by atoms with E-state index in [9.17, 15) is 4.79 Å². The van der Waals surface area contributed by atoms with E-state index in [0.717, 1.165) is 32.4 Å². The molecule has 3 atom stereocenters. The van der Waals surface area contributed by atoms with Gasteiger partial charge in [0.25, 0.3) is 0 Å². The van der Waals surface area contributed by atoms with Crippen LogP contribution in [0.5, 0.6) is 0 Å². The lowest BCUT2D eigenvalue weighted by Gasteiger charge is -2.30. The molecular formula is C15H29N3O2. The van der Waals surface area contributed by atoms with Crippen molar-refractivity contribution < 1.29 is 9.53 Å². The standard InChI is InChI=1S/C15H29N3O2/c1-15(2,3)20-14(19)18-8-7-13(10-18)17-12-6-4-5-11(16)9-12/h11-13,17H,4-10,16H2,1-3H3. The normalized spacial score (nSPS) is 31.4. The molecule has 5 nitrogen and oxygen atoms in total. The van der Waals surface area contributed by atoms with E-state index in [2.05, 4.69) is 5.32 Å². The Morgan fingerprint density at radius 3 is 2.65 bits per heavy atom. The van der Waals surface area contributed by atoms with Crippen molar-refractivity contribution in [2.24, 2.45) is 5.73 Å². The second-order valence-corrected chi connectivity index (χ2v) is 7.20. The lowest BCUT2D eigenvalue weighted by molar-refractivity contribution is 0.0290. The fraction of sp³-hybridized carbons (Fsp3) is 0.933. The summed E-state index contributed by atoms with van der Waals surface area (Å²) in [4.78, 5) is 13.8. The molecule has 20 heavy (non-hydrogen) atoms. The van der Waals surface area contributed by atoms with Gasteiger partial charge in [0, 0.05) is 31.2 Å². The van der Waals surface area contributed by atoms with Crippen LogP contribution >= 0.6 is 0 Å². The van der Waals surface area contributed by atoms with Crippen LogP contribution in [0.1, 0.15) is 52.9 Å². The second kappa shape index (κ2) is 6.31. The van der Waals surface area contributed by atoms with Gasteiger partial charge in [-0.15, -0.1) is 0 Å². The third-order valence-electron chi connectivity index (χ3n) is 4.03. The zero-order valence-electron chi connectivity index (χ0n) is 13.0. The molecule has 2 aliphatic rings. The SMILES string of the molecule is CC(C)(C)OC(=O)N1CCC(NC2CCCC(N)C2)C1. The monoisotopic (exact) mass is 283 g/mol. The van der Waals surface area contributed by atoms with Gasteiger partial charge in [0.1, 0.15) is 5.60 Å². The van der Waals surface area contributed by atoms with Crippen LogP contribution in [0.3, 0.4) is 0 Å². The topological polar surface area (TPSA) is 67.6 Å². The summed E-state index contributed by atoms with van der Waals surface area (Å²) in [7, 11) is 0. The number of likely N-dealkylation sites (tertiary alicyclic amines) is 1. The molecule has 0 aromatic carbocycles. The summed E-state index contributed by atoms with van der Waals surface area (Å²) in [6.07, 6.45) is 5.43. The van der Waals surface area contributed by atoms with E-state index >= 15 is 0 Å². The van der Waals surface area contributed by atoms with Crippen molar-refractivity contribution in [3.8, 4) is 0 Å². The molecule has 0 spiro atoms. The van der Waals surface area contributed by atoms with Crippen LogP contribution in [-0.4, -0.2) is 47.8 Å².